The van der Waals surface area contributed by atoms with E-state index >= 15 is 0 Å². The summed E-state index contributed by atoms with van der Waals surface area (Å²) < 4.78 is 2.03. The first-order valence-corrected chi connectivity index (χ1v) is 11.0. The monoisotopic (exact) mass is 440 g/mol. The molecule has 1 heterocycles. The van der Waals surface area contributed by atoms with Crippen molar-refractivity contribution in [3.63, 3.8) is 0 Å². The van der Waals surface area contributed by atoms with Gasteiger partial charge in [0.25, 0.3) is 0 Å². The van der Waals surface area contributed by atoms with Crippen molar-refractivity contribution in [3.8, 4) is 6.07 Å². The Morgan fingerprint density at radius 3 is 2.07 bits per heavy atom. The van der Waals surface area contributed by atoms with Crippen molar-refractivity contribution in [1.82, 2.24) is 15.2 Å². The molecule has 30 heavy (non-hydrogen) atoms. The molecule has 1 aromatic heterocycles. The minimum Gasteiger partial charge on any atom is -0.384 e. The maximum atomic E-state index is 10.5. The molecule has 5 N–H and O–H groups in total. The Morgan fingerprint density at radius 2 is 1.73 bits per heavy atom. The highest BCUT2D eigenvalue weighted by molar-refractivity contribution is 5.85. The highest BCUT2D eigenvalue weighted by atomic mass is 35.5. The summed E-state index contributed by atoms with van der Waals surface area (Å²) in [6.45, 7) is 7.89. The van der Waals surface area contributed by atoms with E-state index in [1.807, 2.05) is 10.7 Å². The molecule has 2 saturated carbocycles. The van der Waals surface area contributed by atoms with Crippen LogP contribution in [0.15, 0.2) is 6.07 Å². The molecule has 1 aromatic rings. The number of carbonyl (C=O) groups is 1. The standard InChI is InChI=1S/C11H19N3.C6H9NO.C5H12N2.ClH/c1-8(2)10-7-11(12)14(13-10)9-5-3-4-6-9;1-5(2)6(8)3-4-7;6-7-5-3-1-2-4-5;/h7-9H,3-6,12H2,1-2H3;5H,3H2,1-2H3;5,7H,1-4,6H2;1H. The van der Waals surface area contributed by atoms with E-state index in [4.69, 9.17) is 16.8 Å². The number of Topliss-reactive ketones (excluding diaryl/α,β-unsaturated/α-hetero) is 1. The number of nitrogens with zero attached hydrogens (tertiary/aromatic N) is 3. The molecule has 0 amide bonds. The lowest BCUT2D eigenvalue weighted by Gasteiger charge is -2.11. The number of ketones is 1. The van der Waals surface area contributed by atoms with Gasteiger partial charge in [-0.2, -0.15) is 10.4 Å². The van der Waals surface area contributed by atoms with E-state index in [1.54, 1.807) is 19.9 Å². The van der Waals surface area contributed by atoms with Crippen LogP contribution in [0, 0.1) is 17.2 Å². The molecule has 8 heteroatoms. The third-order valence-electron chi connectivity index (χ3n) is 5.53. The summed E-state index contributed by atoms with van der Waals surface area (Å²) in [4.78, 5) is 10.5. The van der Waals surface area contributed by atoms with Crippen molar-refractivity contribution in [2.24, 2.45) is 11.8 Å². The molecule has 0 saturated heterocycles. The number of rotatable bonds is 5. The van der Waals surface area contributed by atoms with Crippen LogP contribution in [0.25, 0.3) is 0 Å². The van der Waals surface area contributed by atoms with Crippen molar-refractivity contribution in [3.05, 3.63) is 11.8 Å². The predicted octanol–water partition coefficient (Wildman–Crippen LogP) is 4.64. The van der Waals surface area contributed by atoms with Crippen LogP contribution in [0.3, 0.4) is 0 Å². The van der Waals surface area contributed by atoms with Gasteiger partial charge < -0.3 is 5.73 Å². The van der Waals surface area contributed by atoms with Gasteiger partial charge in [-0.05, 0) is 31.6 Å². The van der Waals surface area contributed by atoms with Gasteiger partial charge in [0, 0.05) is 18.0 Å². The average Bonchev–Trinajstić information content (AvgIpc) is 3.44. The Hall–Kier alpha value is -1.62. The molecule has 3 rings (SSSR count). The second kappa shape index (κ2) is 15.2. The third-order valence-corrected chi connectivity index (χ3v) is 5.53. The summed E-state index contributed by atoms with van der Waals surface area (Å²) in [5.41, 5.74) is 9.84. The first-order chi connectivity index (χ1) is 13.8. The summed E-state index contributed by atoms with van der Waals surface area (Å²) in [6.07, 6.45) is 10.4. The van der Waals surface area contributed by atoms with E-state index < -0.39 is 0 Å². The highest BCUT2D eigenvalue weighted by Crippen LogP contribution is 2.31. The summed E-state index contributed by atoms with van der Waals surface area (Å²) in [7, 11) is 0. The van der Waals surface area contributed by atoms with Crippen LogP contribution in [-0.2, 0) is 4.79 Å². The van der Waals surface area contributed by atoms with Crippen molar-refractivity contribution < 1.29 is 4.79 Å². The number of halogens is 1. The number of anilines is 1. The van der Waals surface area contributed by atoms with Gasteiger partial charge in [-0.1, -0.05) is 53.4 Å². The molecule has 0 bridgehead atoms. The molecule has 0 spiro atoms. The molecule has 0 aromatic carbocycles. The van der Waals surface area contributed by atoms with Gasteiger partial charge in [0.1, 0.15) is 11.6 Å². The van der Waals surface area contributed by atoms with Gasteiger partial charge >= 0.3 is 0 Å². The predicted molar refractivity (Wildman–Crippen MR) is 125 cm³/mol. The van der Waals surface area contributed by atoms with Gasteiger partial charge in [0.2, 0.25) is 0 Å². The zero-order valence-corrected chi connectivity index (χ0v) is 19.9. The number of nitrogen functional groups attached to an aromatic ring is 1. The van der Waals surface area contributed by atoms with Crippen LogP contribution >= 0.6 is 12.4 Å². The van der Waals surface area contributed by atoms with Gasteiger partial charge in [0.05, 0.1) is 24.2 Å². The number of hydrogen-bond acceptors (Lipinski definition) is 6. The van der Waals surface area contributed by atoms with Gasteiger partial charge in [0.15, 0.2) is 0 Å². The van der Waals surface area contributed by atoms with Crippen molar-refractivity contribution in [2.75, 3.05) is 5.73 Å². The molecular formula is C22H41ClN6O. The maximum absolute atomic E-state index is 10.5. The first-order valence-electron chi connectivity index (χ1n) is 11.0. The van der Waals surface area contributed by atoms with E-state index in [0.29, 0.717) is 18.0 Å². The Balaban J connectivity index is 0.000000452. The van der Waals surface area contributed by atoms with Gasteiger partial charge in [-0.15, -0.1) is 12.4 Å². The fraction of sp³-hybridized carbons (Fsp3) is 0.773. The number of aromatic nitrogens is 2. The highest BCUT2D eigenvalue weighted by Gasteiger charge is 2.20. The second-order valence-corrected chi connectivity index (χ2v) is 8.64. The summed E-state index contributed by atoms with van der Waals surface area (Å²) in [6, 6.07) is 5.00. The van der Waals surface area contributed by atoms with Crippen LogP contribution < -0.4 is 17.0 Å². The smallest absolute Gasteiger partial charge is 0.149 e. The van der Waals surface area contributed by atoms with Crippen molar-refractivity contribution >= 4 is 24.0 Å². The maximum Gasteiger partial charge on any atom is 0.149 e. The molecule has 2 aliphatic rings. The van der Waals surface area contributed by atoms with Crippen molar-refractivity contribution in [2.45, 2.75) is 103 Å². The number of nitriles is 1. The molecule has 0 radical (unpaired) electrons. The van der Waals surface area contributed by atoms with Gasteiger partial charge in [-0.3, -0.25) is 16.1 Å². The SMILES string of the molecule is CC(C)C(=O)CC#N.CC(C)c1cc(N)n(C2CCCC2)n1.Cl.NNC1CCCC1. The lowest BCUT2D eigenvalue weighted by atomic mass is 10.1. The van der Waals surface area contributed by atoms with Gasteiger partial charge in [-0.25, -0.2) is 4.68 Å². The van der Waals surface area contributed by atoms with Crippen LogP contribution in [0.1, 0.15) is 103 Å². The van der Waals surface area contributed by atoms with Crippen LogP contribution in [0.2, 0.25) is 0 Å². The van der Waals surface area contributed by atoms with Crippen molar-refractivity contribution in [1.29, 1.82) is 5.26 Å². The summed E-state index contributed by atoms with van der Waals surface area (Å²) in [5.74, 6) is 6.52. The molecule has 2 fully saturated rings. The topological polar surface area (TPSA) is 123 Å². The summed E-state index contributed by atoms with van der Waals surface area (Å²) in [5, 5.41) is 12.6. The number of nitrogens with two attached hydrogens (primary N) is 2. The minimum absolute atomic E-state index is 0. The van der Waals surface area contributed by atoms with E-state index in [-0.39, 0.29) is 30.5 Å². The molecule has 0 atom stereocenters. The summed E-state index contributed by atoms with van der Waals surface area (Å²) >= 11 is 0. The Labute approximate surface area is 188 Å². The lowest BCUT2D eigenvalue weighted by molar-refractivity contribution is -0.120. The zero-order chi connectivity index (χ0) is 21.8. The minimum atomic E-state index is 0. The normalized spacial score (nSPS) is 16.3. The number of hydrazine groups is 1. The zero-order valence-electron chi connectivity index (χ0n) is 19.1. The Morgan fingerprint density at radius 1 is 1.20 bits per heavy atom. The average molecular weight is 441 g/mol. The molecular weight excluding hydrogens is 400 g/mol. The van der Waals surface area contributed by atoms with Crippen LogP contribution in [0.4, 0.5) is 5.82 Å². The van der Waals surface area contributed by atoms with Crippen LogP contribution in [-0.4, -0.2) is 21.6 Å². The molecule has 7 nitrogen and oxygen atoms in total. The van der Waals surface area contributed by atoms with E-state index in [9.17, 15) is 4.79 Å². The number of nitrogens with one attached hydrogen (secondary N) is 1. The molecule has 0 aliphatic heterocycles. The second-order valence-electron chi connectivity index (χ2n) is 8.64. The first kappa shape index (κ1) is 28.4. The van der Waals surface area contributed by atoms with Crippen LogP contribution in [0.5, 0.6) is 0 Å². The van der Waals surface area contributed by atoms with E-state index in [1.165, 1.54) is 51.4 Å². The quantitative estimate of drug-likeness (QED) is 0.452. The largest absolute Gasteiger partial charge is 0.384 e. The molecule has 2 aliphatic carbocycles. The number of hydrogen-bond donors (Lipinski definition) is 3. The van der Waals surface area contributed by atoms with E-state index in [0.717, 1.165) is 11.5 Å². The number of carbonyl (C=O) groups excluding carboxylic acids is 1. The third kappa shape index (κ3) is 9.92. The van der Waals surface area contributed by atoms with E-state index in [2.05, 4.69) is 24.4 Å². The molecule has 172 valence electrons. The Kier molecular flexibility index (Phi) is 14.4. The lowest BCUT2D eigenvalue weighted by Crippen LogP contribution is -2.32. The Bertz CT molecular complexity index is 641. The fourth-order valence-electron chi connectivity index (χ4n) is 3.53. The molecule has 0 unspecified atom stereocenters. The fourth-order valence-corrected chi connectivity index (χ4v) is 3.53.